The topological polar surface area (TPSA) is 77.2 Å². The molecule has 0 radical (unpaired) electrons. The normalized spacial score (nSPS) is 12.6. The molecule has 96 valence electrons. The maximum Gasteiger partial charge on any atom is 0.263 e. The van der Waals surface area contributed by atoms with Gasteiger partial charge >= 0.3 is 0 Å². The molecule has 0 aromatic carbocycles. The summed E-state index contributed by atoms with van der Waals surface area (Å²) < 4.78 is 5.07. The van der Waals surface area contributed by atoms with Crippen molar-refractivity contribution in [2.24, 2.45) is 0 Å². The Morgan fingerprint density at radius 3 is 3.11 bits per heavy atom. The second kappa shape index (κ2) is 5.32. The Morgan fingerprint density at radius 1 is 1.67 bits per heavy atom. The van der Waals surface area contributed by atoms with E-state index in [0.29, 0.717) is 17.1 Å². The highest BCUT2D eigenvalue weighted by Gasteiger charge is 2.16. The van der Waals surface area contributed by atoms with Gasteiger partial charge in [0.1, 0.15) is 9.71 Å². The lowest BCUT2D eigenvalue weighted by Gasteiger charge is -2.10. The minimum atomic E-state index is -0.181. The molecule has 2 aromatic rings. The number of nitrogens with zero attached hydrogens (tertiary/aromatic N) is 1. The number of carbonyl (C=O) groups is 1. The second-order valence-electron chi connectivity index (χ2n) is 3.96. The van der Waals surface area contributed by atoms with Gasteiger partial charge in [-0.1, -0.05) is 0 Å². The minimum absolute atomic E-state index is 0.0253. The summed E-state index contributed by atoms with van der Waals surface area (Å²) >= 11 is 1.30. The van der Waals surface area contributed by atoms with E-state index in [1.54, 1.807) is 19.4 Å². The summed E-state index contributed by atoms with van der Waals surface area (Å²) in [5, 5.41) is 3.62. The van der Waals surface area contributed by atoms with Crippen molar-refractivity contribution < 1.29 is 9.53 Å². The van der Waals surface area contributed by atoms with Crippen molar-refractivity contribution in [3.05, 3.63) is 23.2 Å². The standard InChI is InChI=1S/C12H15N3O2S/c1-7(17-2)6-15-11(16)10-9(13)8-4-3-5-14-12(8)18-10/h3-5,7H,6,13H2,1-2H3,(H,15,16). The highest BCUT2D eigenvalue weighted by atomic mass is 32.1. The molecule has 5 nitrogen and oxygen atoms in total. The Kier molecular flexibility index (Phi) is 3.78. The number of carbonyl (C=O) groups excluding carboxylic acids is 1. The number of anilines is 1. The van der Waals surface area contributed by atoms with Gasteiger partial charge in [0.25, 0.3) is 5.91 Å². The van der Waals surface area contributed by atoms with Crippen LogP contribution in [-0.2, 0) is 4.74 Å². The highest BCUT2D eigenvalue weighted by Crippen LogP contribution is 2.31. The average Bonchev–Trinajstić information content (AvgIpc) is 2.73. The number of hydrogen-bond acceptors (Lipinski definition) is 5. The van der Waals surface area contributed by atoms with Gasteiger partial charge in [-0.15, -0.1) is 11.3 Å². The first-order chi connectivity index (χ1) is 8.63. The molecule has 2 heterocycles. The van der Waals surface area contributed by atoms with Gasteiger partial charge in [-0.05, 0) is 19.1 Å². The molecule has 0 saturated heterocycles. The third-order valence-corrected chi connectivity index (χ3v) is 3.79. The molecule has 2 rings (SSSR count). The number of methoxy groups -OCH3 is 1. The van der Waals surface area contributed by atoms with Gasteiger partial charge in [0.2, 0.25) is 0 Å². The molecular weight excluding hydrogens is 250 g/mol. The zero-order valence-electron chi connectivity index (χ0n) is 10.3. The number of pyridine rings is 1. The van der Waals surface area contributed by atoms with Crippen LogP contribution in [-0.4, -0.2) is 30.6 Å². The van der Waals surface area contributed by atoms with Gasteiger partial charge in [0.05, 0.1) is 11.8 Å². The smallest absolute Gasteiger partial charge is 0.263 e. The summed E-state index contributed by atoms with van der Waals surface area (Å²) in [5.74, 6) is -0.181. The average molecular weight is 265 g/mol. The summed E-state index contributed by atoms with van der Waals surface area (Å²) in [6, 6.07) is 3.67. The van der Waals surface area contributed by atoms with E-state index < -0.39 is 0 Å². The fourth-order valence-corrected chi connectivity index (χ4v) is 2.50. The lowest BCUT2D eigenvalue weighted by molar-refractivity contribution is 0.0874. The number of nitrogens with one attached hydrogen (secondary N) is 1. The molecule has 0 fully saturated rings. The van der Waals surface area contributed by atoms with Crippen LogP contribution in [0, 0.1) is 0 Å². The van der Waals surface area contributed by atoms with E-state index in [-0.39, 0.29) is 12.0 Å². The fraction of sp³-hybridized carbons (Fsp3) is 0.333. The van der Waals surface area contributed by atoms with Crippen molar-refractivity contribution in [1.82, 2.24) is 10.3 Å². The van der Waals surface area contributed by atoms with E-state index in [2.05, 4.69) is 10.3 Å². The van der Waals surface area contributed by atoms with Gasteiger partial charge in [-0.25, -0.2) is 4.98 Å². The van der Waals surface area contributed by atoms with Crippen molar-refractivity contribution >= 4 is 33.1 Å². The van der Waals surface area contributed by atoms with Gasteiger partial charge in [0.15, 0.2) is 0 Å². The Hall–Kier alpha value is -1.66. The van der Waals surface area contributed by atoms with E-state index in [9.17, 15) is 4.79 Å². The van der Waals surface area contributed by atoms with Crippen LogP contribution in [0.15, 0.2) is 18.3 Å². The molecule has 0 aliphatic carbocycles. The van der Waals surface area contributed by atoms with Gasteiger partial charge in [-0.3, -0.25) is 4.79 Å². The van der Waals surface area contributed by atoms with Crippen molar-refractivity contribution in [1.29, 1.82) is 0 Å². The zero-order chi connectivity index (χ0) is 13.1. The minimum Gasteiger partial charge on any atom is -0.397 e. The van der Waals surface area contributed by atoms with Crippen molar-refractivity contribution in [2.45, 2.75) is 13.0 Å². The molecule has 1 atom stereocenters. The van der Waals surface area contributed by atoms with E-state index in [1.807, 2.05) is 13.0 Å². The monoisotopic (exact) mass is 265 g/mol. The number of aromatic nitrogens is 1. The molecule has 0 aliphatic rings. The van der Waals surface area contributed by atoms with E-state index in [4.69, 9.17) is 10.5 Å². The van der Waals surface area contributed by atoms with Crippen molar-refractivity contribution in [2.75, 3.05) is 19.4 Å². The second-order valence-corrected chi connectivity index (χ2v) is 4.96. The number of rotatable bonds is 4. The number of fused-ring (bicyclic) bond motifs is 1. The first kappa shape index (κ1) is 12.8. The third-order valence-electron chi connectivity index (χ3n) is 2.66. The Bertz CT molecular complexity index is 567. The number of amides is 1. The van der Waals surface area contributed by atoms with Crippen LogP contribution in [0.2, 0.25) is 0 Å². The Labute approximate surface area is 109 Å². The van der Waals surface area contributed by atoms with E-state index >= 15 is 0 Å². The summed E-state index contributed by atoms with van der Waals surface area (Å²) in [7, 11) is 1.61. The lowest BCUT2D eigenvalue weighted by atomic mass is 10.2. The Morgan fingerprint density at radius 2 is 2.44 bits per heavy atom. The van der Waals surface area contributed by atoms with Crippen LogP contribution in [0.25, 0.3) is 10.2 Å². The number of ether oxygens (including phenoxy) is 1. The molecule has 0 saturated carbocycles. The maximum atomic E-state index is 12.0. The van der Waals surface area contributed by atoms with Crippen molar-refractivity contribution in [3.8, 4) is 0 Å². The molecule has 0 aliphatic heterocycles. The highest BCUT2D eigenvalue weighted by molar-refractivity contribution is 7.21. The van der Waals surface area contributed by atoms with Crippen LogP contribution in [0.1, 0.15) is 16.6 Å². The molecule has 6 heteroatoms. The lowest BCUT2D eigenvalue weighted by Crippen LogP contribution is -2.31. The molecular formula is C12H15N3O2S. The summed E-state index contributed by atoms with van der Waals surface area (Å²) in [6.45, 7) is 2.34. The predicted molar refractivity (Wildman–Crippen MR) is 72.8 cm³/mol. The summed E-state index contributed by atoms with van der Waals surface area (Å²) in [5.41, 5.74) is 6.45. The summed E-state index contributed by atoms with van der Waals surface area (Å²) in [4.78, 5) is 17.5. The molecule has 0 spiro atoms. The van der Waals surface area contributed by atoms with Gasteiger partial charge in [-0.2, -0.15) is 0 Å². The predicted octanol–water partition coefficient (Wildman–Crippen LogP) is 1.64. The van der Waals surface area contributed by atoms with E-state index in [1.165, 1.54) is 11.3 Å². The van der Waals surface area contributed by atoms with Crippen LogP contribution in [0.5, 0.6) is 0 Å². The van der Waals surface area contributed by atoms with Gasteiger partial charge in [0, 0.05) is 25.2 Å². The number of hydrogen-bond donors (Lipinski definition) is 2. The first-order valence-corrected chi connectivity index (χ1v) is 6.39. The Balaban J connectivity index is 2.20. The molecule has 2 aromatic heterocycles. The molecule has 3 N–H and O–H groups in total. The van der Waals surface area contributed by atoms with E-state index in [0.717, 1.165) is 10.2 Å². The van der Waals surface area contributed by atoms with Crippen LogP contribution >= 0.6 is 11.3 Å². The van der Waals surface area contributed by atoms with Crippen LogP contribution in [0.4, 0.5) is 5.69 Å². The third kappa shape index (κ3) is 2.44. The fourth-order valence-electron chi connectivity index (χ4n) is 1.52. The van der Waals surface area contributed by atoms with Crippen molar-refractivity contribution in [3.63, 3.8) is 0 Å². The number of nitrogen functional groups attached to an aromatic ring is 1. The quantitative estimate of drug-likeness (QED) is 0.881. The molecule has 0 bridgehead atoms. The summed E-state index contributed by atoms with van der Waals surface area (Å²) in [6.07, 6.45) is 1.66. The number of nitrogens with two attached hydrogens (primary N) is 1. The van der Waals surface area contributed by atoms with Crippen LogP contribution < -0.4 is 11.1 Å². The maximum absolute atomic E-state index is 12.0. The van der Waals surface area contributed by atoms with Gasteiger partial charge < -0.3 is 15.8 Å². The molecule has 18 heavy (non-hydrogen) atoms. The SMILES string of the molecule is COC(C)CNC(=O)c1sc2ncccc2c1N. The van der Waals surface area contributed by atoms with Crippen LogP contribution in [0.3, 0.4) is 0 Å². The molecule has 1 amide bonds. The molecule has 1 unspecified atom stereocenters. The zero-order valence-corrected chi connectivity index (χ0v) is 11.1. The number of thiophene rings is 1. The largest absolute Gasteiger partial charge is 0.397 e. The first-order valence-electron chi connectivity index (χ1n) is 5.57.